The maximum atomic E-state index is 12.8. The van der Waals surface area contributed by atoms with E-state index < -0.39 is 11.8 Å². The second-order valence-electron chi connectivity index (χ2n) is 7.60. The topological polar surface area (TPSA) is 58.6 Å². The van der Waals surface area contributed by atoms with Gasteiger partial charge in [0.1, 0.15) is 11.8 Å². The van der Waals surface area contributed by atoms with Gasteiger partial charge in [0.15, 0.2) is 0 Å². The molecule has 5 heteroatoms. The Morgan fingerprint density at radius 3 is 2.36 bits per heavy atom. The molecule has 1 aliphatic heterocycles. The van der Waals surface area contributed by atoms with Crippen LogP contribution in [0.2, 0.25) is 0 Å². The lowest BCUT2D eigenvalue weighted by Gasteiger charge is -2.43. The van der Waals surface area contributed by atoms with E-state index >= 15 is 0 Å². The second kappa shape index (κ2) is 5.84. The number of nitrogens with zero attached hydrogens (tertiary/aromatic N) is 1. The zero-order chi connectivity index (χ0) is 15.9. The van der Waals surface area contributed by atoms with Crippen LogP contribution in [0.15, 0.2) is 0 Å². The summed E-state index contributed by atoms with van der Waals surface area (Å²) in [5.74, 6) is 0.860. The van der Waals surface area contributed by atoms with Crippen LogP contribution in [0.4, 0.5) is 0 Å². The summed E-state index contributed by atoms with van der Waals surface area (Å²) < 4.78 is 6.10. The van der Waals surface area contributed by atoms with Gasteiger partial charge >= 0.3 is 0 Å². The van der Waals surface area contributed by atoms with E-state index in [9.17, 15) is 9.59 Å². The first-order chi connectivity index (χ1) is 10.4. The molecular weight excluding hydrogens is 280 g/mol. The standard InChI is InChI=1S/C17H28N2O3/c1-11(2)18-15(20)14-10-22-17(8-6-12(3)7-9-17)19(14)16(21)13-4-5-13/h11-14H,4-10H2,1-3H3,(H,18,20)/t12?,14-,17?/m1/s1. The molecule has 0 radical (unpaired) electrons. The molecule has 5 nitrogen and oxygen atoms in total. The first-order valence-corrected chi connectivity index (χ1v) is 8.70. The molecular formula is C17H28N2O3. The van der Waals surface area contributed by atoms with Crippen molar-refractivity contribution in [1.29, 1.82) is 0 Å². The van der Waals surface area contributed by atoms with Crippen molar-refractivity contribution in [1.82, 2.24) is 10.2 Å². The number of carbonyl (C=O) groups excluding carboxylic acids is 2. The monoisotopic (exact) mass is 308 g/mol. The van der Waals surface area contributed by atoms with Gasteiger partial charge in [-0.25, -0.2) is 0 Å². The fourth-order valence-corrected chi connectivity index (χ4v) is 3.72. The smallest absolute Gasteiger partial charge is 0.245 e. The summed E-state index contributed by atoms with van der Waals surface area (Å²) in [4.78, 5) is 27.2. The largest absolute Gasteiger partial charge is 0.353 e. The number of ether oxygens (including phenoxy) is 1. The highest BCUT2D eigenvalue weighted by Gasteiger charge is 2.55. The molecule has 2 saturated carbocycles. The van der Waals surface area contributed by atoms with E-state index in [1.807, 2.05) is 18.7 Å². The molecule has 0 aromatic carbocycles. The average Bonchev–Trinajstić information content (AvgIpc) is 3.24. The molecule has 1 spiro atoms. The number of hydrogen-bond donors (Lipinski definition) is 1. The van der Waals surface area contributed by atoms with E-state index in [0.29, 0.717) is 12.5 Å². The lowest BCUT2D eigenvalue weighted by Crippen LogP contribution is -2.57. The van der Waals surface area contributed by atoms with Crippen molar-refractivity contribution in [3.05, 3.63) is 0 Å². The van der Waals surface area contributed by atoms with Crippen molar-refractivity contribution in [2.45, 2.75) is 77.1 Å². The molecule has 124 valence electrons. The van der Waals surface area contributed by atoms with Gasteiger partial charge in [0, 0.05) is 12.0 Å². The Kier molecular flexibility index (Phi) is 4.19. The Balaban J connectivity index is 1.82. The lowest BCUT2D eigenvalue weighted by molar-refractivity contribution is -0.162. The minimum atomic E-state index is -0.523. The summed E-state index contributed by atoms with van der Waals surface area (Å²) in [5, 5.41) is 2.95. The van der Waals surface area contributed by atoms with Gasteiger partial charge in [0.25, 0.3) is 0 Å². The molecule has 1 heterocycles. The molecule has 1 saturated heterocycles. The van der Waals surface area contributed by atoms with Crippen LogP contribution in [0.5, 0.6) is 0 Å². The van der Waals surface area contributed by atoms with Gasteiger partial charge in [0.05, 0.1) is 6.61 Å². The number of rotatable bonds is 3. The predicted octanol–water partition coefficient (Wildman–Crippen LogP) is 2.05. The van der Waals surface area contributed by atoms with Crippen LogP contribution in [0.25, 0.3) is 0 Å². The fourth-order valence-electron chi connectivity index (χ4n) is 3.72. The Morgan fingerprint density at radius 2 is 1.82 bits per heavy atom. The average molecular weight is 308 g/mol. The van der Waals surface area contributed by atoms with Crippen molar-refractivity contribution in [3.63, 3.8) is 0 Å². The van der Waals surface area contributed by atoms with Gasteiger partial charge in [-0.1, -0.05) is 6.92 Å². The third kappa shape index (κ3) is 2.87. The SMILES string of the molecule is CC1CCC2(CC1)OC[C@H](C(=O)NC(C)C)N2C(=O)C1CC1. The molecule has 1 N–H and O–H groups in total. The molecule has 2 aliphatic carbocycles. The molecule has 0 unspecified atom stereocenters. The van der Waals surface area contributed by atoms with Crippen LogP contribution in [0, 0.1) is 11.8 Å². The van der Waals surface area contributed by atoms with Gasteiger partial charge < -0.3 is 10.1 Å². The molecule has 3 rings (SSSR count). The molecule has 1 atom stereocenters. The highest BCUT2D eigenvalue weighted by Crippen LogP contribution is 2.45. The molecule has 2 amide bonds. The lowest BCUT2D eigenvalue weighted by atomic mass is 9.83. The van der Waals surface area contributed by atoms with Gasteiger partial charge in [0.2, 0.25) is 11.8 Å². The van der Waals surface area contributed by atoms with E-state index in [4.69, 9.17) is 4.74 Å². The normalized spacial score (nSPS) is 35.2. The maximum absolute atomic E-state index is 12.8. The highest BCUT2D eigenvalue weighted by molar-refractivity contribution is 5.90. The fraction of sp³-hybridized carbons (Fsp3) is 0.882. The summed E-state index contributed by atoms with van der Waals surface area (Å²) in [6, 6.07) is -0.378. The second-order valence-corrected chi connectivity index (χ2v) is 7.60. The Hall–Kier alpha value is -1.10. The predicted molar refractivity (Wildman–Crippen MR) is 83.0 cm³/mol. The highest BCUT2D eigenvalue weighted by atomic mass is 16.5. The molecule has 0 aromatic heterocycles. The first-order valence-electron chi connectivity index (χ1n) is 8.70. The Labute approximate surface area is 132 Å². The molecule has 3 aliphatic rings. The van der Waals surface area contributed by atoms with E-state index in [1.54, 1.807) is 0 Å². The Bertz CT molecular complexity index is 451. The van der Waals surface area contributed by atoms with Gasteiger partial charge in [-0.05, 0) is 58.3 Å². The molecule has 22 heavy (non-hydrogen) atoms. The molecule has 0 aromatic rings. The summed E-state index contributed by atoms with van der Waals surface area (Å²) in [6.07, 6.45) is 5.76. The van der Waals surface area contributed by atoms with Crippen molar-refractivity contribution < 1.29 is 14.3 Å². The van der Waals surface area contributed by atoms with E-state index in [1.165, 1.54) is 0 Å². The third-order valence-electron chi connectivity index (χ3n) is 5.21. The number of carbonyl (C=O) groups is 2. The van der Waals surface area contributed by atoms with Gasteiger partial charge in [-0.2, -0.15) is 0 Å². The molecule has 0 bridgehead atoms. The van der Waals surface area contributed by atoms with Crippen LogP contribution in [0.1, 0.15) is 59.3 Å². The quantitative estimate of drug-likeness (QED) is 0.868. The van der Waals surface area contributed by atoms with Crippen LogP contribution in [-0.4, -0.2) is 41.1 Å². The summed E-state index contributed by atoms with van der Waals surface area (Å²) in [6.45, 7) is 6.47. The number of hydrogen-bond acceptors (Lipinski definition) is 3. The molecule has 3 fully saturated rings. The van der Waals surface area contributed by atoms with Crippen molar-refractivity contribution >= 4 is 11.8 Å². The summed E-state index contributed by atoms with van der Waals surface area (Å²) >= 11 is 0. The number of amides is 2. The van der Waals surface area contributed by atoms with Crippen molar-refractivity contribution in [3.8, 4) is 0 Å². The van der Waals surface area contributed by atoms with E-state index in [2.05, 4.69) is 12.2 Å². The van der Waals surface area contributed by atoms with Gasteiger partial charge in [-0.15, -0.1) is 0 Å². The number of nitrogens with one attached hydrogen (secondary N) is 1. The van der Waals surface area contributed by atoms with Crippen molar-refractivity contribution in [2.75, 3.05) is 6.61 Å². The summed E-state index contributed by atoms with van der Waals surface area (Å²) in [5.41, 5.74) is -0.523. The van der Waals surface area contributed by atoms with Crippen LogP contribution < -0.4 is 5.32 Å². The van der Waals surface area contributed by atoms with Crippen molar-refractivity contribution in [2.24, 2.45) is 11.8 Å². The van der Waals surface area contributed by atoms with Crippen LogP contribution >= 0.6 is 0 Å². The Morgan fingerprint density at radius 1 is 1.18 bits per heavy atom. The van der Waals surface area contributed by atoms with Crippen LogP contribution in [-0.2, 0) is 14.3 Å². The zero-order valence-corrected chi connectivity index (χ0v) is 13.9. The van der Waals surface area contributed by atoms with E-state index in [0.717, 1.165) is 38.5 Å². The minimum absolute atomic E-state index is 0.0699. The maximum Gasteiger partial charge on any atom is 0.245 e. The minimum Gasteiger partial charge on any atom is -0.353 e. The summed E-state index contributed by atoms with van der Waals surface area (Å²) in [7, 11) is 0. The van der Waals surface area contributed by atoms with Gasteiger partial charge in [-0.3, -0.25) is 14.5 Å². The van der Waals surface area contributed by atoms with Crippen LogP contribution in [0.3, 0.4) is 0 Å². The third-order valence-corrected chi connectivity index (χ3v) is 5.21. The zero-order valence-electron chi connectivity index (χ0n) is 13.9. The first kappa shape index (κ1) is 15.8. The van der Waals surface area contributed by atoms with E-state index in [-0.39, 0.29) is 23.8 Å².